The van der Waals surface area contributed by atoms with Crippen LogP contribution in [0, 0.1) is 11.2 Å². The number of para-hydroxylation sites is 1. The largest absolute Gasteiger partial charge is 0.480 e. The number of fused-ring (bicyclic) bond motifs is 1. The highest BCUT2D eigenvalue weighted by atomic mass is 19.1. The van der Waals surface area contributed by atoms with Gasteiger partial charge in [0, 0.05) is 10.8 Å². The number of hydrogen-bond donors (Lipinski definition) is 4. The second-order valence-electron chi connectivity index (χ2n) is 8.99. The number of aliphatic carboxylic acids is 1. The Hall–Kier alpha value is -4.21. The van der Waals surface area contributed by atoms with Crippen molar-refractivity contribution in [2.24, 2.45) is 5.41 Å². The van der Waals surface area contributed by atoms with Crippen LogP contribution in [0.3, 0.4) is 0 Å². The Morgan fingerprint density at radius 1 is 1.09 bits per heavy atom. The number of aromatic nitrogens is 2. The molecule has 0 saturated carbocycles. The molecule has 4 N–H and O–H groups in total. The van der Waals surface area contributed by atoms with Crippen molar-refractivity contribution in [2.45, 2.75) is 26.4 Å². The number of carbonyl (C=O) groups is 3. The zero-order valence-electron chi connectivity index (χ0n) is 19.3. The van der Waals surface area contributed by atoms with E-state index in [0.717, 1.165) is 16.5 Å². The molecule has 0 bridgehead atoms. The summed E-state index contributed by atoms with van der Waals surface area (Å²) in [6, 6.07) is 13.3. The second-order valence-corrected chi connectivity index (χ2v) is 8.99. The fourth-order valence-corrected chi connectivity index (χ4v) is 4.09. The molecule has 2 amide bonds. The summed E-state index contributed by atoms with van der Waals surface area (Å²) in [4.78, 5) is 35.2. The van der Waals surface area contributed by atoms with Gasteiger partial charge in [0.2, 0.25) is 11.8 Å². The minimum atomic E-state index is -1.16. The van der Waals surface area contributed by atoms with Crippen LogP contribution in [-0.2, 0) is 20.9 Å². The summed E-state index contributed by atoms with van der Waals surface area (Å²) in [5, 5.41) is 22.4. The van der Waals surface area contributed by atoms with Gasteiger partial charge in [-0.05, 0) is 23.8 Å². The minimum absolute atomic E-state index is 0.300. The Morgan fingerprint density at radius 2 is 1.80 bits per heavy atom. The predicted octanol–water partition coefficient (Wildman–Crippen LogP) is 1.88. The molecule has 3 aromatic rings. The summed E-state index contributed by atoms with van der Waals surface area (Å²) in [5.41, 5.74) is 2.59. The zero-order chi connectivity index (χ0) is 25.2. The molecule has 1 aliphatic rings. The Morgan fingerprint density at radius 3 is 2.51 bits per heavy atom. The van der Waals surface area contributed by atoms with E-state index in [1.165, 1.54) is 12.1 Å². The van der Waals surface area contributed by atoms with Gasteiger partial charge in [0.1, 0.15) is 24.1 Å². The van der Waals surface area contributed by atoms with E-state index in [9.17, 15) is 18.8 Å². The van der Waals surface area contributed by atoms with Crippen molar-refractivity contribution in [1.29, 1.82) is 0 Å². The minimum Gasteiger partial charge on any atom is -0.480 e. The maximum atomic E-state index is 13.3. The Balaban J connectivity index is 1.53. The molecule has 4 rings (SSSR count). The van der Waals surface area contributed by atoms with Crippen LogP contribution < -0.4 is 16.0 Å². The van der Waals surface area contributed by atoms with Crippen LogP contribution in [0.1, 0.15) is 25.1 Å². The standard InChI is InChI=1S/C25H26FN5O4/c1-25(2)11-18(29-23(25)24(35)28-12-20(32)27-13-21(33)34)22-17-5-3-4-6-19(17)31(30-22)14-15-7-9-16(26)10-8-15/h3-11,23,29H,12-14H2,1-2H3,(H,27,32)(H,28,35)(H,33,34). The average molecular weight is 480 g/mol. The van der Waals surface area contributed by atoms with Crippen LogP contribution >= 0.6 is 0 Å². The molecule has 35 heavy (non-hydrogen) atoms. The molecule has 1 atom stereocenters. The number of rotatable bonds is 8. The monoisotopic (exact) mass is 479 g/mol. The first-order valence-electron chi connectivity index (χ1n) is 11.1. The van der Waals surface area contributed by atoms with Crippen LogP contribution in [0.5, 0.6) is 0 Å². The first kappa shape index (κ1) is 23.9. The summed E-state index contributed by atoms with van der Waals surface area (Å²) in [5.74, 6) is -2.44. The lowest BCUT2D eigenvalue weighted by Crippen LogP contribution is -2.50. The summed E-state index contributed by atoms with van der Waals surface area (Å²) in [6.45, 7) is 3.41. The van der Waals surface area contributed by atoms with Crippen molar-refractivity contribution in [3.05, 3.63) is 71.7 Å². The quantitative estimate of drug-likeness (QED) is 0.391. The number of hydrogen-bond acceptors (Lipinski definition) is 5. The molecule has 10 heteroatoms. The van der Waals surface area contributed by atoms with Gasteiger partial charge in [-0.3, -0.25) is 19.1 Å². The van der Waals surface area contributed by atoms with Crippen molar-refractivity contribution in [2.75, 3.05) is 13.1 Å². The third-order valence-electron chi connectivity index (χ3n) is 5.84. The highest BCUT2D eigenvalue weighted by Gasteiger charge is 2.40. The maximum absolute atomic E-state index is 13.3. The molecular weight excluding hydrogens is 453 g/mol. The molecule has 1 unspecified atom stereocenters. The molecule has 0 aliphatic carbocycles. The van der Waals surface area contributed by atoms with Gasteiger partial charge in [0.25, 0.3) is 0 Å². The van der Waals surface area contributed by atoms with Crippen molar-refractivity contribution >= 4 is 34.4 Å². The molecule has 0 radical (unpaired) electrons. The van der Waals surface area contributed by atoms with E-state index >= 15 is 0 Å². The number of carboxylic acids is 1. The Labute approximate surface area is 201 Å². The summed E-state index contributed by atoms with van der Waals surface area (Å²) >= 11 is 0. The van der Waals surface area contributed by atoms with Crippen LogP contribution in [-0.4, -0.2) is 51.8 Å². The number of halogens is 1. The smallest absolute Gasteiger partial charge is 0.322 e. The number of carboxylic acid groups (broad SMARTS) is 1. The van der Waals surface area contributed by atoms with Gasteiger partial charge < -0.3 is 21.1 Å². The fourth-order valence-electron chi connectivity index (χ4n) is 4.09. The molecule has 0 spiro atoms. The topological polar surface area (TPSA) is 125 Å². The molecule has 1 aromatic heterocycles. The van der Waals surface area contributed by atoms with E-state index in [4.69, 9.17) is 10.2 Å². The third-order valence-corrected chi connectivity index (χ3v) is 5.84. The van der Waals surface area contributed by atoms with Crippen LogP contribution in [0.4, 0.5) is 4.39 Å². The lowest BCUT2D eigenvalue weighted by atomic mass is 9.86. The van der Waals surface area contributed by atoms with Crippen molar-refractivity contribution in [1.82, 2.24) is 25.7 Å². The maximum Gasteiger partial charge on any atom is 0.322 e. The van der Waals surface area contributed by atoms with E-state index < -0.39 is 29.9 Å². The number of amides is 2. The summed E-state index contributed by atoms with van der Waals surface area (Å²) in [6.07, 6.45) is 1.94. The second kappa shape index (κ2) is 9.57. The average Bonchev–Trinajstić information content (AvgIpc) is 3.34. The molecule has 182 valence electrons. The molecule has 9 nitrogen and oxygen atoms in total. The molecule has 0 saturated heterocycles. The predicted molar refractivity (Wildman–Crippen MR) is 128 cm³/mol. The van der Waals surface area contributed by atoms with Crippen molar-refractivity contribution in [3.8, 4) is 0 Å². The lowest BCUT2D eigenvalue weighted by Gasteiger charge is -2.25. The number of carbonyl (C=O) groups excluding carboxylic acids is 2. The highest BCUT2D eigenvalue weighted by Crippen LogP contribution is 2.36. The van der Waals surface area contributed by atoms with Gasteiger partial charge in [0.05, 0.1) is 24.3 Å². The van der Waals surface area contributed by atoms with Gasteiger partial charge in [0.15, 0.2) is 0 Å². The molecule has 2 heterocycles. The van der Waals surface area contributed by atoms with Crippen LogP contribution in [0.15, 0.2) is 54.6 Å². The molecular formula is C25H26FN5O4. The third kappa shape index (κ3) is 5.32. The number of nitrogens with zero attached hydrogens (tertiary/aromatic N) is 2. The van der Waals surface area contributed by atoms with Crippen LogP contribution in [0.25, 0.3) is 16.6 Å². The van der Waals surface area contributed by atoms with Crippen molar-refractivity contribution < 1.29 is 23.9 Å². The zero-order valence-corrected chi connectivity index (χ0v) is 19.3. The summed E-state index contributed by atoms with van der Waals surface area (Å²) in [7, 11) is 0. The molecule has 1 aliphatic heterocycles. The number of nitrogens with one attached hydrogen (secondary N) is 3. The summed E-state index contributed by atoms with van der Waals surface area (Å²) < 4.78 is 15.2. The van der Waals surface area contributed by atoms with E-state index in [0.29, 0.717) is 17.9 Å². The van der Waals surface area contributed by atoms with E-state index in [1.54, 1.807) is 12.1 Å². The van der Waals surface area contributed by atoms with Crippen LogP contribution in [0.2, 0.25) is 0 Å². The first-order chi connectivity index (χ1) is 16.6. The van der Waals surface area contributed by atoms with Crippen molar-refractivity contribution in [3.63, 3.8) is 0 Å². The number of benzene rings is 2. The Kier molecular flexibility index (Phi) is 6.54. The van der Waals surface area contributed by atoms with E-state index in [1.807, 2.05) is 48.9 Å². The lowest BCUT2D eigenvalue weighted by molar-refractivity contribution is -0.137. The molecule has 0 fully saturated rings. The Bertz CT molecular complexity index is 1310. The van der Waals surface area contributed by atoms with Gasteiger partial charge in [-0.15, -0.1) is 0 Å². The fraction of sp³-hybridized carbons (Fsp3) is 0.280. The highest BCUT2D eigenvalue weighted by molar-refractivity contribution is 5.95. The van der Waals surface area contributed by atoms with E-state index in [-0.39, 0.29) is 18.3 Å². The first-order valence-corrected chi connectivity index (χ1v) is 11.1. The normalized spacial score (nSPS) is 16.4. The van der Waals surface area contributed by atoms with Gasteiger partial charge in [-0.2, -0.15) is 5.10 Å². The van der Waals surface area contributed by atoms with Gasteiger partial charge in [-0.25, -0.2) is 4.39 Å². The van der Waals surface area contributed by atoms with Gasteiger partial charge in [-0.1, -0.05) is 50.3 Å². The SMILES string of the molecule is CC1(C)C=C(c2nn(Cc3ccc(F)cc3)c3ccccc23)NC1C(=O)NCC(=O)NCC(=O)O. The van der Waals surface area contributed by atoms with E-state index in [2.05, 4.69) is 16.0 Å². The van der Waals surface area contributed by atoms with Gasteiger partial charge >= 0.3 is 5.97 Å². The molecule has 2 aromatic carbocycles.